The van der Waals surface area contributed by atoms with E-state index in [2.05, 4.69) is 170 Å². The first kappa shape index (κ1) is 33.1. The van der Waals surface area contributed by atoms with Crippen molar-refractivity contribution in [2.45, 2.75) is 24.7 Å². The first-order chi connectivity index (χ1) is 35.1. The van der Waals surface area contributed by atoms with E-state index in [0.29, 0.717) is 11.4 Å². The Hall–Kier alpha value is -8.40. The van der Waals surface area contributed by atoms with Crippen molar-refractivity contribution in [1.29, 1.82) is 0 Å². The van der Waals surface area contributed by atoms with Crippen molar-refractivity contribution in [3.8, 4) is 33.4 Å². The Morgan fingerprint density at radius 2 is 0.866 bits per heavy atom. The molecule has 0 saturated carbocycles. The largest absolute Gasteiger partial charge is 0.454 e. The maximum Gasteiger partial charge on any atom is 0.159 e. The summed E-state index contributed by atoms with van der Waals surface area (Å²) in [5.74, 6) is 0. The molecule has 3 aliphatic carbocycles. The molecule has 10 aromatic carbocycles. The highest BCUT2D eigenvalue weighted by molar-refractivity contribution is 6.10. The Bertz CT molecular complexity index is 4080. The summed E-state index contributed by atoms with van der Waals surface area (Å²) in [5.41, 5.74) is 18.9. The smallest absolute Gasteiger partial charge is 0.159 e. The van der Waals surface area contributed by atoms with Crippen molar-refractivity contribution in [1.82, 2.24) is 0 Å². The van der Waals surface area contributed by atoms with Crippen molar-refractivity contribution in [2.24, 2.45) is 0 Å². The van der Waals surface area contributed by atoms with Crippen LogP contribution in [0.4, 0.5) is 34.1 Å². The standard InChI is InChI=1S/C64H44N2O/c1-63(2)54-27-13-9-22-46(54)49-35-33-44(38-57(49)63)66(60-30-17-26-53-52-25-12-16-31-61(52)67-62(53)60)45-34-37-51-48-24-11-15-29-56(48)64(59(51)40-45)55-28-14-10-23-47(55)50-36-32-43(39-58(50)64)65(41-18-5-3-6-19-41)42-20-7-4-8-21-42/h3-40H,1-2H3/i3D,5D,6D,18D,19D. The van der Waals surface area contributed by atoms with E-state index in [1.165, 1.54) is 22.3 Å². The molecule has 0 amide bonds. The van der Waals surface area contributed by atoms with Gasteiger partial charge in [0.15, 0.2) is 5.58 Å². The van der Waals surface area contributed by atoms with Crippen molar-refractivity contribution in [3.63, 3.8) is 0 Å². The van der Waals surface area contributed by atoms with Crippen molar-refractivity contribution in [3.05, 3.63) is 264 Å². The van der Waals surface area contributed by atoms with Crippen molar-refractivity contribution < 1.29 is 11.3 Å². The minimum atomic E-state index is -0.815. The van der Waals surface area contributed by atoms with Gasteiger partial charge in [-0.15, -0.1) is 0 Å². The highest BCUT2D eigenvalue weighted by Gasteiger charge is 2.52. The van der Waals surface area contributed by atoms with Gasteiger partial charge in [-0.2, -0.15) is 0 Å². The number of fused-ring (bicyclic) bond motifs is 16. The Labute approximate surface area is 397 Å². The molecule has 1 unspecified atom stereocenters. The molecule has 0 aliphatic heterocycles. The molecule has 0 fully saturated rings. The predicted molar refractivity (Wildman–Crippen MR) is 277 cm³/mol. The van der Waals surface area contributed by atoms with E-state index in [4.69, 9.17) is 8.53 Å². The average Bonchev–Trinajstić information content (AvgIpc) is 4.12. The van der Waals surface area contributed by atoms with Crippen LogP contribution in [0.3, 0.4) is 0 Å². The van der Waals surface area contributed by atoms with E-state index in [1.54, 1.807) is 0 Å². The number of hydrogen-bond acceptors (Lipinski definition) is 3. The molecule has 316 valence electrons. The van der Waals surface area contributed by atoms with Crippen LogP contribution in [0.25, 0.3) is 55.3 Å². The zero-order valence-electron chi connectivity index (χ0n) is 41.9. The summed E-state index contributed by atoms with van der Waals surface area (Å²) in [5, 5.41) is 2.10. The molecule has 11 aromatic rings. The van der Waals surface area contributed by atoms with E-state index in [1.807, 2.05) is 53.4 Å². The summed E-state index contributed by atoms with van der Waals surface area (Å²) in [6, 6.07) is 68.8. The van der Waals surface area contributed by atoms with Gasteiger partial charge in [-0.1, -0.05) is 172 Å². The third kappa shape index (κ3) is 5.23. The zero-order chi connectivity index (χ0) is 48.8. The van der Waals surface area contributed by atoms with E-state index < -0.39 is 11.5 Å². The lowest BCUT2D eigenvalue weighted by atomic mass is 9.70. The Morgan fingerprint density at radius 1 is 0.373 bits per heavy atom. The molecular formula is C64H44N2O. The fraction of sp³-hybridized carbons (Fsp3) is 0.0625. The van der Waals surface area contributed by atoms with Crippen LogP contribution in [0.1, 0.15) is 54.1 Å². The quantitative estimate of drug-likeness (QED) is 0.166. The fourth-order valence-corrected chi connectivity index (χ4v) is 11.9. The van der Waals surface area contributed by atoms with Gasteiger partial charge in [0.05, 0.1) is 18.0 Å². The van der Waals surface area contributed by atoms with Gasteiger partial charge in [-0.3, -0.25) is 0 Å². The molecule has 0 bridgehead atoms. The van der Waals surface area contributed by atoms with Crippen LogP contribution in [0.15, 0.2) is 235 Å². The first-order valence-electron chi connectivity index (χ1n) is 25.4. The van der Waals surface area contributed by atoms with E-state index in [9.17, 15) is 2.74 Å². The summed E-state index contributed by atoms with van der Waals surface area (Å²) >= 11 is 0. The summed E-state index contributed by atoms with van der Waals surface area (Å²) in [7, 11) is 0. The van der Waals surface area contributed by atoms with Crippen molar-refractivity contribution in [2.75, 3.05) is 9.80 Å². The lowest BCUT2D eigenvalue weighted by Gasteiger charge is -2.33. The number of benzene rings is 10. The number of nitrogens with zero attached hydrogens (tertiary/aromatic N) is 2. The molecule has 0 N–H and O–H groups in total. The third-order valence-electron chi connectivity index (χ3n) is 14.7. The van der Waals surface area contributed by atoms with Gasteiger partial charge in [-0.05, 0) is 140 Å². The van der Waals surface area contributed by atoms with Crippen molar-refractivity contribution >= 4 is 56.1 Å². The van der Waals surface area contributed by atoms with Crippen LogP contribution in [-0.2, 0) is 10.8 Å². The molecule has 3 heteroatoms. The molecule has 14 rings (SSSR count). The summed E-state index contributed by atoms with van der Waals surface area (Å²) in [6.07, 6.45) is 0. The normalized spacial score (nSPS) is 16.5. The Balaban J connectivity index is 1.04. The second kappa shape index (κ2) is 14.1. The van der Waals surface area contributed by atoms with Gasteiger partial charge in [0, 0.05) is 44.6 Å². The van der Waals surface area contributed by atoms with Gasteiger partial charge in [-0.25, -0.2) is 0 Å². The Kier molecular flexibility index (Phi) is 6.95. The van der Waals surface area contributed by atoms with Crippen LogP contribution in [0.2, 0.25) is 0 Å². The number of para-hydroxylation sites is 4. The summed E-state index contributed by atoms with van der Waals surface area (Å²) in [4.78, 5) is 4.19. The predicted octanol–water partition coefficient (Wildman–Crippen LogP) is 17.2. The SMILES string of the molecule is [2H]c1c([2H])c([2H])c(N(c2ccccc2)c2ccc3c(c2)C2(c4ccccc4-3)c3ccccc3-c3ccc(N(c4ccc5c(c4)C(C)(C)c4ccccc4-5)c4cccc5c4oc4ccccc45)cc32)c([2H])c1[2H]. The Morgan fingerprint density at radius 3 is 1.52 bits per heavy atom. The van der Waals surface area contributed by atoms with Gasteiger partial charge in [0.1, 0.15) is 5.58 Å². The van der Waals surface area contributed by atoms with Crippen LogP contribution in [0.5, 0.6) is 0 Å². The third-order valence-corrected chi connectivity index (χ3v) is 14.7. The molecular weight excluding hydrogens is 813 g/mol. The second-order valence-corrected chi connectivity index (χ2v) is 18.4. The lowest BCUT2D eigenvalue weighted by molar-refractivity contribution is 0.660. The first-order valence-corrected chi connectivity index (χ1v) is 22.9. The van der Waals surface area contributed by atoms with Gasteiger partial charge >= 0.3 is 0 Å². The minimum Gasteiger partial charge on any atom is -0.454 e. The molecule has 1 spiro atoms. The van der Waals surface area contributed by atoms with Crippen LogP contribution < -0.4 is 9.80 Å². The molecule has 3 aliphatic rings. The number of rotatable bonds is 6. The van der Waals surface area contributed by atoms with Gasteiger partial charge < -0.3 is 14.2 Å². The highest BCUT2D eigenvalue weighted by atomic mass is 16.3. The average molecular weight is 862 g/mol. The summed E-state index contributed by atoms with van der Waals surface area (Å²) < 4.78 is 51.3. The van der Waals surface area contributed by atoms with E-state index in [-0.39, 0.29) is 35.3 Å². The minimum absolute atomic E-state index is 0.0854. The topological polar surface area (TPSA) is 19.6 Å². The number of anilines is 6. The number of hydrogen-bond donors (Lipinski definition) is 0. The van der Waals surface area contributed by atoms with E-state index in [0.717, 1.165) is 83.5 Å². The fourth-order valence-electron chi connectivity index (χ4n) is 11.9. The molecule has 3 nitrogen and oxygen atoms in total. The molecule has 1 heterocycles. The molecule has 1 atom stereocenters. The molecule has 0 radical (unpaired) electrons. The number of furan rings is 1. The van der Waals surface area contributed by atoms with Gasteiger partial charge in [0.25, 0.3) is 0 Å². The maximum atomic E-state index is 9.24. The van der Waals surface area contributed by atoms with Crippen LogP contribution in [0, 0.1) is 0 Å². The van der Waals surface area contributed by atoms with Gasteiger partial charge in [0.2, 0.25) is 0 Å². The lowest BCUT2D eigenvalue weighted by Crippen LogP contribution is -2.26. The monoisotopic (exact) mass is 861 g/mol. The molecule has 67 heavy (non-hydrogen) atoms. The van der Waals surface area contributed by atoms with Crippen LogP contribution >= 0.6 is 0 Å². The highest BCUT2D eigenvalue weighted by Crippen LogP contribution is 2.64. The second-order valence-electron chi connectivity index (χ2n) is 18.4. The van der Waals surface area contributed by atoms with Crippen LogP contribution in [-0.4, -0.2) is 0 Å². The molecule has 0 saturated heterocycles. The zero-order valence-corrected chi connectivity index (χ0v) is 36.9. The maximum absolute atomic E-state index is 9.24. The van der Waals surface area contributed by atoms with E-state index >= 15 is 0 Å². The molecule has 1 aromatic heterocycles. The summed E-state index contributed by atoms with van der Waals surface area (Å²) in [6.45, 7) is 4.64.